The lowest BCUT2D eigenvalue weighted by Crippen LogP contribution is -2.42. The second-order valence-corrected chi connectivity index (χ2v) is 9.47. The summed E-state index contributed by atoms with van der Waals surface area (Å²) < 4.78 is 28.1. The first-order valence-corrected chi connectivity index (χ1v) is 11.2. The molecule has 0 fully saturated rings. The zero-order chi connectivity index (χ0) is 22.6. The van der Waals surface area contributed by atoms with E-state index in [0.29, 0.717) is 16.3 Å². The summed E-state index contributed by atoms with van der Waals surface area (Å²) in [6, 6.07) is 12.1. The van der Waals surface area contributed by atoms with Crippen LogP contribution in [-0.4, -0.2) is 25.3 Å². The van der Waals surface area contributed by atoms with Crippen LogP contribution in [0, 0.1) is 0 Å². The number of benzene rings is 2. The van der Waals surface area contributed by atoms with Crippen LogP contribution in [0.15, 0.2) is 81.7 Å². The molecular weight excluding hydrogens is 461 g/mol. The van der Waals surface area contributed by atoms with Crippen LogP contribution in [0.4, 0.5) is 11.4 Å². The maximum Gasteiger partial charge on any atom is 0.255 e. The number of nitrogens with one attached hydrogen (secondary N) is 2. The first-order valence-electron chi connectivity index (χ1n) is 8.95. The van der Waals surface area contributed by atoms with E-state index in [1.54, 1.807) is 36.4 Å². The summed E-state index contributed by atoms with van der Waals surface area (Å²) in [6.45, 7) is 0. The SMILES string of the molecule is NC(N)=Nc1cccc(C(=O)Nc2cccc(S(=O)(=O)NC3(Cl)C=C(Cl)C=CC3)c2)c1. The third-order valence-corrected chi connectivity index (χ3v) is 6.34. The fraction of sp³-hybridized carbons (Fsp3) is 0.100. The average Bonchev–Trinajstić information content (AvgIpc) is 2.67. The number of rotatable bonds is 6. The number of anilines is 1. The molecule has 8 nitrogen and oxygen atoms in total. The molecular formula is C20H19Cl2N5O3S. The normalized spacial score (nSPS) is 18.2. The highest BCUT2D eigenvalue weighted by molar-refractivity contribution is 7.89. The number of carbonyl (C=O) groups excluding carboxylic acids is 1. The van der Waals surface area contributed by atoms with Gasteiger partial charge in [0.1, 0.15) is 5.00 Å². The molecule has 1 unspecified atom stereocenters. The van der Waals surface area contributed by atoms with Gasteiger partial charge < -0.3 is 16.8 Å². The van der Waals surface area contributed by atoms with Crippen LogP contribution in [0.2, 0.25) is 0 Å². The first-order chi connectivity index (χ1) is 14.6. The van der Waals surface area contributed by atoms with Crippen LogP contribution in [-0.2, 0) is 10.0 Å². The lowest BCUT2D eigenvalue weighted by atomic mass is 10.1. The highest BCUT2D eigenvalue weighted by atomic mass is 35.5. The van der Waals surface area contributed by atoms with Crippen molar-refractivity contribution in [2.75, 3.05) is 5.32 Å². The summed E-state index contributed by atoms with van der Waals surface area (Å²) in [6.07, 6.45) is 4.95. The number of amides is 1. The lowest BCUT2D eigenvalue weighted by molar-refractivity contribution is 0.102. The Balaban J connectivity index is 1.79. The van der Waals surface area contributed by atoms with Crippen molar-refractivity contribution in [1.29, 1.82) is 0 Å². The number of carbonyl (C=O) groups is 1. The van der Waals surface area contributed by atoms with E-state index in [-0.39, 0.29) is 23.0 Å². The van der Waals surface area contributed by atoms with Crippen LogP contribution in [0.3, 0.4) is 0 Å². The molecule has 0 spiro atoms. The lowest BCUT2D eigenvalue weighted by Gasteiger charge is -2.26. The number of guanidine groups is 1. The number of aliphatic imine (C=N–C) groups is 1. The number of nitrogens with two attached hydrogens (primary N) is 2. The van der Waals surface area contributed by atoms with E-state index >= 15 is 0 Å². The Bertz CT molecular complexity index is 1210. The second kappa shape index (κ2) is 9.11. The van der Waals surface area contributed by atoms with Gasteiger partial charge in [0.15, 0.2) is 5.96 Å². The van der Waals surface area contributed by atoms with Crippen LogP contribution in [0.1, 0.15) is 16.8 Å². The van der Waals surface area contributed by atoms with E-state index in [4.69, 9.17) is 34.7 Å². The van der Waals surface area contributed by atoms with Gasteiger partial charge in [-0.25, -0.2) is 13.4 Å². The van der Waals surface area contributed by atoms with Gasteiger partial charge in [-0.2, -0.15) is 4.72 Å². The minimum Gasteiger partial charge on any atom is -0.370 e. The van der Waals surface area contributed by atoms with E-state index in [0.717, 1.165) is 0 Å². The Labute approximate surface area is 189 Å². The molecule has 0 heterocycles. The van der Waals surface area contributed by atoms with E-state index in [2.05, 4.69) is 15.0 Å². The Kier molecular flexibility index (Phi) is 6.71. The molecule has 31 heavy (non-hydrogen) atoms. The van der Waals surface area contributed by atoms with Gasteiger partial charge in [0.05, 0.1) is 10.6 Å². The maximum atomic E-state index is 12.8. The van der Waals surface area contributed by atoms with Gasteiger partial charge in [-0.05, 0) is 48.6 Å². The fourth-order valence-electron chi connectivity index (χ4n) is 2.83. The third kappa shape index (κ3) is 6.08. The number of alkyl halides is 1. The van der Waals surface area contributed by atoms with Crippen LogP contribution in [0.5, 0.6) is 0 Å². The van der Waals surface area contributed by atoms with E-state index < -0.39 is 20.9 Å². The number of allylic oxidation sites excluding steroid dienone is 2. The van der Waals surface area contributed by atoms with Gasteiger partial charge in [-0.1, -0.05) is 41.4 Å². The molecule has 1 amide bonds. The predicted octanol–water partition coefficient (Wildman–Crippen LogP) is 3.14. The molecule has 1 aliphatic rings. The molecule has 2 aromatic carbocycles. The molecule has 3 rings (SSSR count). The van der Waals surface area contributed by atoms with Crippen molar-refractivity contribution < 1.29 is 13.2 Å². The van der Waals surface area contributed by atoms with Crippen molar-refractivity contribution in [2.45, 2.75) is 16.3 Å². The van der Waals surface area contributed by atoms with Crippen LogP contribution in [0.25, 0.3) is 0 Å². The molecule has 1 aliphatic carbocycles. The van der Waals surface area contributed by atoms with Gasteiger partial charge in [0, 0.05) is 22.7 Å². The molecule has 0 saturated heterocycles. The summed E-state index contributed by atoms with van der Waals surface area (Å²) >= 11 is 12.3. The van der Waals surface area contributed by atoms with Crippen molar-refractivity contribution in [1.82, 2.24) is 4.72 Å². The summed E-state index contributed by atoms with van der Waals surface area (Å²) in [5, 5.41) is 2.98. The number of hydrogen-bond donors (Lipinski definition) is 4. The molecule has 0 aromatic heterocycles. The molecule has 0 saturated carbocycles. The number of halogens is 2. The third-order valence-electron chi connectivity index (χ3n) is 4.13. The van der Waals surface area contributed by atoms with Gasteiger partial charge in [0.25, 0.3) is 5.91 Å². The van der Waals surface area contributed by atoms with Crippen molar-refractivity contribution in [3.8, 4) is 0 Å². The summed E-state index contributed by atoms with van der Waals surface area (Å²) in [5.41, 5.74) is 11.7. The topological polar surface area (TPSA) is 140 Å². The Morgan fingerprint density at radius 3 is 2.58 bits per heavy atom. The van der Waals surface area contributed by atoms with Gasteiger partial charge in [-0.15, -0.1) is 0 Å². The van der Waals surface area contributed by atoms with Crippen molar-refractivity contribution in [3.05, 3.63) is 77.4 Å². The van der Waals surface area contributed by atoms with E-state index in [1.807, 2.05) is 0 Å². The molecule has 0 aliphatic heterocycles. The van der Waals surface area contributed by atoms with Gasteiger partial charge in [-0.3, -0.25) is 4.79 Å². The quantitative estimate of drug-likeness (QED) is 0.218. The number of hydrogen-bond acceptors (Lipinski definition) is 4. The van der Waals surface area contributed by atoms with Gasteiger partial charge >= 0.3 is 0 Å². The second-order valence-electron chi connectivity index (χ2n) is 6.67. The monoisotopic (exact) mass is 479 g/mol. The van der Waals surface area contributed by atoms with Crippen LogP contribution < -0.4 is 21.5 Å². The van der Waals surface area contributed by atoms with Crippen LogP contribution >= 0.6 is 23.2 Å². The molecule has 0 radical (unpaired) electrons. The smallest absolute Gasteiger partial charge is 0.255 e. The maximum absolute atomic E-state index is 12.8. The first kappa shape index (κ1) is 22.8. The van der Waals surface area contributed by atoms with Crippen molar-refractivity contribution >= 4 is 56.5 Å². The fourth-order valence-corrected chi connectivity index (χ4v) is 4.92. The Hall–Kier alpha value is -2.85. The predicted molar refractivity (Wildman–Crippen MR) is 123 cm³/mol. The zero-order valence-corrected chi connectivity index (χ0v) is 18.4. The summed E-state index contributed by atoms with van der Waals surface area (Å²) in [5.74, 6) is -0.597. The van der Waals surface area contributed by atoms with Crippen molar-refractivity contribution in [2.24, 2.45) is 16.5 Å². The largest absolute Gasteiger partial charge is 0.370 e. The molecule has 11 heteroatoms. The molecule has 162 valence electrons. The molecule has 1 atom stereocenters. The molecule has 0 bridgehead atoms. The number of nitrogens with zero attached hydrogens (tertiary/aromatic N) is 1. The standard InChI is InChI=1S/C20H19Cl2N5O3S/c21-14-5-3-9-20(22,12-14)27-31(29,30)17-8-2-7-16(11-17)25-18(28)13-4-1-6-15(10-13)26-19(23)24/h1-8,10-12,27H,9H2,(H,25,28)(H4,23,24,26). The minimum atomic E-state index is -4.00. The summed E-state index contributed by atoms with van der Waals surface area (Å²) in [7, 11) is -4.00. The van der Waals surface area contributed by atoms with Gasteiger partial charge in [0.2, 0.25) is 10.0 Å². The highest BCUT2D eigenvalue weighted by Gasteiger charge is 2.32. The molecule has 6 N–H and O–H groups in total. The van der Waals surface area contributed by atoms with Crippen molar-refractivity contribution in [3.63, 3.8) is 0 Å². The minimum absolute atomic E-state index is 0.0707. The van der Waals surface area contributed by atoms with E-state index in [1.165, 1.54) is 30.3 Å². The highest BCUT2D eigenvalue weighted by Crippen LogP contribution is 2.29. The zero-order valence-electron chi connectivity index (χ0n) is 16.0. The number of sulfonamides is 1. The summed E-state index contributed by atoms with van der Waals surface area (Å²) in [4.78, 5) is 15.0. The Morgan fingerprint density at radius 2 is 1.87 bits per heavy atom. The molecule has 2 aromatic rings. The Morgan fingerprint density at radius 1 is 1.13 bits per heavy atom. The van der Waals surface area contributed by atoms with E-state index in [9.17, 15) is 13.2 Å². The average molecular weight is 480 g/mol.